The Morgan fingerprint density at radius 3 is 2.33 bits per heavy atom. The second-order valence-electron chi connectivity index (χ2n) is 15.4. The summed E-state index contributed by atoms with van der Waals surface area (Å²) in [5, 5.41) is 75.2. The van der Waals surface area contributed by atoms with E-state index in [0.29, 0.717) is 0 Å². The zero-order valence-electron chi connectivity index (χ0n) is 29.0. The Labute approximate surface area is 292 Å². The van der Waals surface area contributed by atoms with E-state index in [9.17, 15) is 54.9 Å². The highest BCUT2D eigenvalue weighted by atomic mass is 16.7. The molecule has 0 radical (unpaired) electrons. The van der Waals surface area contributed by atoms with Gasteiger partial charge in [-0.25, -0.2) is 14.4 Å². The average molecular weight is 727 g/mol. The van der Waals surface area contributed by atoms with Gasteiger partial charge in [-0.1, -0.05) is 13.8 Å². The van der Waals surface area contributed by atoms with Crippen molar-refractivity contribution in [1.29, 1.82) is 0 Å². The lowest BCUT2D eigenvalue weighted by atomic mass is 9.38. The Morgan fingerprint density at radius 2 is 1.73 bits per heavy atom. The minimum absolute atomic E-state index is 0.00772. The van der Waals surface area contributed by atoms with Crippen LogP contribution in [-0.2, 0) is 47.6 Å². The van der Waals surface area contributed by atoms with Gasteiger partial charge >= 0.3 is 17.9 Å². The number of fused-ring (bicyclic) bond motifs is 2. The number of hydrogen-bond acceptors (Lipinski definition) is 17. The lowest BCUT2D eigenvalue weighted by molar-refractivity contribution is -0.296. The van der Waals surface area contributed by atoms with E-state index >= 15 is 0 Å². The van der Waals surface area contributed by atoms with Gasteiger partial charge in [-0.2, -0.15) is 0 Å². The number of ether oxygens (including phenoxy) is 6. The van der Waals surface area contributed by atoms with E-state index in [1.807, 2.05) is 0 Å². The normalized spacial score (nSPS) is 47.7. The SMILES string of the molecule is COC(=O)[C@@]12OC[C@]34[C@H]([C@@H](O)[C@@H]1O)[C@@]1(C)C=C(O[C@@H]5O[C@H](CO)[C@H](O)[C@H](O)[C@H]5O)C(=O)[C@@H](C)[C@@H]1C[C@H]3OC(=O)[C@H](OC(=O)/C=C(/C)C(C)(C)O)[C@@H]24. The van der Waals surface area contributed by atoms with Crippen molar-refractivity contribution < 1.29 is 83.3 Å². The minimum Gasteiger partial charge on any atom is -0.467 e. The molecule has 6 rings (SSSR count). The second kappa shape index (κ2) is 12.6. The molecule has 51 heavy (non-hydrogen) atoms. The fourth-order valence-electron chi connectivity index (χ4n) is 9.69. The number of carbonyl (C=O) groups is 4. The molecule has 16 atom stereocenters. The predicted molar refractivity (Wildman–Crippen MR) is 165 cm³/mol. The van der Waals surface area contributed by atoms with Crippen LogP contribution in [0.2, 0.25) is 0 Å². The van der Waals surface area contributed by atoms with Gasteiger partial charge in [0, 0.05) is 23.3 Å². The van der Waals surface area contributed by atoms with Gasteiger partial charge in [0.25, 0.3) is 0 Å². The monoisotopic (exact) mass is 726 g/mol. The van der Waals surface area contributed by atoms with Crippen LogP contribution in [0.25, 0.3) is 0 Å². The minimum atomic E-state index is -2.40. The molecule has 0 unspecified atom stereocenters. The third-order valence-corrected chi connectivity index (χ3v) is 12.5. The summed E-state index contributed by atoms with van der Waals surface area (Å²) < 4.78 is 34.2. The topological polar surface area (TPSA) is 265 Å². The van der Waals surface area contributed by atoms with Gasteiger partial charge in [0.2, 0.25) is 18.0 Å². The summed E-state index contributed by atoms with van der Waals surface area (Å²) in [7, 11) is 1.03. The van der Waals surface area contributed by atoms with Crippen LogP contribution < -0.4 is 0 Å². The molecule has 2 bridgehead atoms. The number of carbonyl (C=O) groups excluding carboxylic acids is 4. The van der Waals surface area contributed by atoms with Crippen molar-refractivity contribution in [2.45, 2.75) is 107 Å². The van der Waals surface area contributed by atoms with Gasteiger partial charge < -0.3 is 64.2 Å². The van der Waals surface area contributed by atoms with Gasteiger partial charge in [-0.3, -0.25) is 4.79 Å². The molecule has 2 saturated carbocycles. The number of Topliss-reactive ketones (excluding diaryl/α,β-unsaturated/α-hetero) is 1. The first-order valence-corrected chi connectivity index (χ1v) is 16.9. The number of ketones is 1. The third kappa shape index (κ3) is 5.22. The van der Waals surface area contributed by atoms with Crippen LogP contribution in [0.4, 0.5) is 0 Å². The lowest BCUT2D eigenvalue weighted by Gasteiger charge is -2.67. The molecule has 3 saturated heterocycles. The molecule has 1 spiro atoms. The highest BCUT2D eigenvalue weighted by Gasteiger charge is 2.85. The van der Waals surface area contributed by atoms with E-state index in [-0.39, 0.29) is 24.4 Å². The molecule has 17 nitrogen and oxygen atoms in total. The molecular weight excluding hydrogens is 680 g/mol. The van der Waals surface area contributed by atoms with Crippen LogP contribution in [0.15, 0.2) is 23.5 Å². The zero-order chi connectivity index (χ0) is 37.7. The molecule has 5 fully saturated rings. The number of aliphatic hydroxyl groups excluding tert-OH is 6. The summed E-state index contributed by atoms with van der Waals surface area (Å²) in [6.07, 6.45) is -12.8. The van der Waals surface area contributed by atoms with Crippen molar-refractivity contribution in [2.75, 3.05) is 20.3 Å². The Bertz CT molecular complexity index is 1530. The number of allylic oxidation sites excluding steroid dienone is 2. The van der Waals surface area contributed by atoms with E-state index in [2.05, 4.69) is 0 Å². The maximum absolute atomic E-state index is 13.8. The molecule has 0 amide bonds. The first-order chi connectivity index (χ1) is 23.7. The molecule has 3 heterocycles. The Morgan fingerprint density at radius 1 is 1.06 bits per heavy atom. The second-order valence-corrected chi connectivity index (χ2v) is 15.4. The number of methoxy groups -OCH3 is 1. The van der Waals surface area contributed by atoms with Crippen molar-refractivity contribution in [3.8, 4) is 0 Å². The molecule has 3 aliphatic heterocycles. The fraction of sp³-hybridized carbons (Fsp3) is 0.765. The molecule has 6 aliphatic rings. The molecule has 17 heteroatoms. The first-order valence-electron chi connectivity index (χ1n) is 16.9. The standard InChI is InChI=1S/C34H46O17/c1-12(31(3,4)45)7-18(36)51-24-26-33-11-47-34(26,30(44)46-6)27(42)23(41)25(33)32(5)9-15(19(37)13(2)14(32)8-17(33)50-28(24)43)48-29-22(40)21(39)20(38)16(10-35)49-29/h7,9,13-14,16-17,20-27,29,35,38-42,45H,8,10-11H2,1-6H3/b12-7-/t13-,14-,16+,17+,20-,21-,22+,23+,24+,25+,26+,27-,29+,32-,33+,34-/m0/s1. The number of hydrogen-bond donors (Lipinski definition) is 7. The quantitative estimate of drug-likeness (QED) is 0.0804. The van der Waals surface area contributed by atoms with Gasteiger partial charge in [0.1, 0.15) is 36.6 Å². The maximum Gasteiger partial charge on any atom is 0.348 e. The Hall–Kier alpha value is -3.00. The smallest absolute Gasteiger partial charge is 0.348 e. The Balaban J connectivity index is 1.47. The molecule has 3 aliphatic carbocycles. The van der Waals surface area contributed by atoms with Crippen LogP contribution >= 0.6 is 0 Å². The van der Waals surface area contributed by atoms with Gasteiger partial charge in [0.05, 0.1) is 37.9 Å². The van der Waals surface area contributed by atoms with Crippen LogP contribution in [0.1, 0.15) is 41.0 Å². The van der Waals surface area contributed by atoms with E-state index in [1.54, 1.807) is 13.8 Å². The van der Waals surface area contributed by atoms with Crippen molar-refractivity contribution in [3.05, 3.63) is 23.5 Å². The summed E-state index contributed by atoms with van der Waals surface area (Å²) in [6, 6.07) is 0. The third-order valence-electron chi connectivity index (χ3n) is 12.5. The fourth-order valence-corrected chi connectivity index (χ4v) is 9.69. The Kier molecular flexibility index (Phi) is 9.29. The lowest BCUT2D eigenvalue weighted by Crippen LogP contribution is -2.79. The van der Waals surface area contributed by atoms with Gasteiger partial charge in [0.15, 0.2) is 11.5 Å². The highest BCUT2D eigenvalue weighted by molar-refractivity contribution is 5.97. The molecule has 7 N–H and O–H groups in total. The first kappa shape index (κ1) is 37.7. The maximum atomic E-state index is 13.8. The molecule has 284 valence electrons. The van der Waals surface area contributed by atoms with E-state index in [4.69, 9.17) is 28.4 Å². The van der Waals surface area contributed by atoms with Crippen molar-refractivity contribution in [1.82, 2.24) is 0 Å². The zero-order valence-corrected chi connectivity index (χ0v) is 29.0. The number of esters is 3. The van der Waals surface area contributed by atoms with Crippen LogP contribution in [0.3, 0.4) is 0 Å². The summed E-state index contributed by atoms with van der Waals surface area (Å²) in [6.45, 7) is 6.50. The summed E-state index contributed by atoms with van der Waals surface area (Å²) in [5.74, 6) is -8.35. The largest absolute Gasteiger partial charge is 0.467 e. The summed E-state index contributed by atoms with van der Waals surface area (Å²) in [4.78, 5) is 54.5. The summed E-state index contributed by atoms with van der Waals surface area (Å²) in [5.41, 5.74) is -6.49. The molecular formula is C34H46O17. The van der Waals surface area contributed by atoms with Crippen LogP contribution in [0, 0.1) is 34.5 Å². The van der Waals surface area contributed by atoms with Crippen molar-refractivity contribution in [2.24, 2.45) is 34.5 Å². The van der Waals surface area contributed by atoms with E-state index in [1.165, 1.54) is 26.8 Å². The molecule has 0 aromatic carbocycles. The van der Waals surface area contributed by atoms with E-state index < -0.39 is 131 Å². The van der Waals surface area contributed by atoms with Gasteiger partial charge in [-0.15, -0.1) is 0 Å². The van der Waals surface area contributed by atoms with Crippen molar-refractivity contribution in [3.63, 3.8) is 0 Å². The average Bonchev–Trinajstić information content (AvgIpc) is 3.37. The predicted octanol–water partition coefficient (Wildman–Crippen LogP) is -2.62. The number of rotatable bonds is 7. The number of aliphatic hydroxyl groups is 7. The van der Waals surface area contributed by atoms with Gasteiger partial charge in [-0.05, 0) is 50.2 Å². The van der Waals surface area contributed by atoms with E-state index in [0.717, 1.165) is 13.2 Å². The summed E-state index contributed by atoms with van der Waals surface area (Å²) >= 11 is 0. The van der Waals surface area contributed by atoms with Crippen molar-refractivity contribution >= 4 is 23.7 Å². The molecule has 0 aromatic rings. The molecule has 0 aromatic heterocycles. The highest BCUT2D eigenvalue weighted by Crippen LogP contribution is 2.72. The van der Waals surface area contributed by atoms with Crippen LogP contribution in [-0.4, -0.2) is 146 Å². The van der Waals surface area contributed by atoms with Crippen LogP contribution in [0.5, 0.6) is 0 Å².